The Morgan fingerprint density at radius 1 is 1.41 bits per heavy atom. The van der Waals surface area contributed by atoms with Gasteiger partial charge in [-0.1, -0.05) is 0 Å². The van der Waals surface area contributed by atoms with Crippen LogP contribution in [0, 0.1) is 5.82 Å². The van der Waals surface area contributed by atoms with E-state index in [1.807, 2.05) is 11.8 Å². The van der Waals surface area contributed by atoms with Gasteiger partial charge in [-0.05, 0) is 37.5 Å². The van der Waals surface area contributed by atoms with E-state index in [0.717, 1.165) is 6.20 Å². The highest BCUT2D eigenvalue weighted by atomic mass is 19.1. The zero-order chi connectivity index (χ0) is 19.2. The highest BCUT2D eigenvalue weighted by molar-refractivity contribution is 5.94. The van der Waals surface area contributed by atoms with Crippen molar-refractivity contribution in [3.8, 4) is 0 Å². The zero-order valence-electron chi connectivity index (χ0n) is 14.6. The van der Waals surface area contributed by atoms with Crippen LogP contribution in [-0.2, 0) is 0 Å². The maximum absolute atomic E-state index is 13.7. The largest absolute Gasteiger partial charge is 0.477 e. The minimum absolute atomic E-state index is 0.00859. The number of hydrogen-bond donors (Lipinski definition) is 2. The number of carboxylic acids is 1. The molecule has 0 saturated carbocycles. The Morgan fingerprint density at radius 3 is 2.93 bits per heavy atom. The molecular weight excluding hydrogens is 353 g/mol. The SMILES string of the molecule is CC1(CO)CCC(c2cncc(F)c2)N1c1ccn2ncc(C(=O)O)c2n1. The van der Waals surface area contributed by atoms with Crippen molar-refractivity contribution in [1.82, 2.24) is 19.6 Å². The van der Waals surface area contributed by atoms with Crippen LogP contribution in [0.2, 0.25) is 0 Å². The quantitative estimate of drug-likeness (QED) is 0.723. The molecule has 3 aromatic rings. The van der Waals surface area contributed by atoms with E-state index in [4.69, 9.17) is 0 Å². The van der Waals surface area contributed by atoms with Gasteiger partial charge in [0, 0.05) is 12.4 Å². The van der Waals surface area contributed by atoms with Crippen LogP contribution in [0.5, 0.6) is 0 Å². The Bertz CT molecular complexity index is 1020. The van der Waals surface area contributed by atoms with Crippen LogP contribution in [0.15, 0.2) is 36.9 Å². The third-order valence-electron chi connectivity index (χ3n) is 5.13. The van der Waals surface area contributed by atoms with E-state index in [0.29, 0.717) is 24.2 Å². The number of carboxylic acid groups (broad SMARTS) is 1. The van der Waals surface area contributed by atoms with Crippen molar-refractivity contribution >= 4 is 17.4 Å². The molecule has 0 bridgehead atoms. The molecule has 3 aromatic heterocycles. The number of fused-ring (bicyclic) bond motifs is 1. The fraction of sp³-hybridized carbons (Fsp3) is 0.333. The van der Waals surface area contributed by atoms with Crippen molar-refractivity contribution in [2.75, 3.05) is 11.5 Å². The maximum Gasteiger partial charge on any atom is 0.341 e. The molecule has 2 N–H and O–H groups in total. The van der Waals surface area contributed by atoms with Crippen molar-refractivity contribution in [1.29, 1.82) is 0 Å². The minimum atomic E-state index is -1.12. The number of carbonyl (C=O) groups is 1. The number of hydrogen-bond acceptors (Lipinski definition) is 6. The molecule has 1 fully saturated rings. The number of aliphatic hydroxyl groups is 1. The lowest BCUT2D eigenvalue weighted by molar-refractivity contribution is 0.0698. The summed E-state index contributed by atoms with van der Waals surface area (Å²) in [6, 6.07) is 2.90. The predicted molar refractivity (Wildman–Crippen MR) is 94.1 cm³/mol. The Balaban J connectivity index is 1.85. The number of anilines is 1. The van der Waals surface area contributed by atoms with Crippen molar-refractivity contribution < 1.29 is 19.4 Å². The summed E-state index contributed by atoms with van der Waals surface area (Å²) in [5.74, 6) is -1.06. The number of rotatable bonds is 4. The molecule has 0 aromatic carbocycles. The van der Waals surface area contributed by atoms with E-state index in [2.05, 4.69) is 15.1 Å². The second-order valence-corrected chi connectivity index (χ2v) is 6.93. The van der Waals surface area contributed by atoms with Crippen LogP contribution in [-0.4, -0.2) is 47.9 Å². The number of pyridine rings is 1. The molecule has 27 heavy (non-hydrogen) atoms. The number of aliphatic hydroxyl groups excluding tert-OH is 1. The molecule has 1 aliphatic heterocycles. The normalized spacial score (nSPS) is 22.5. The van der Waals surface area contributed by atoms with Crippen LogP contribution in [0.4, 0.5) is 10.2 Å². The molecule has 1 saturated heterocycles. The average molecular weight is 371 g/mol. The molecule has 8 nitrogen and oxygen atoms in total. The molecule has 2 atom stereocenters. The van der Waals surface area contributed by atoms with Gasteiger partial charge in [-0.2, -0.15) is 5.10 Å². The number of aromatic carboxylic acids is 1. The Morgan fingerprint density at radius 2 is 2.22 bits per heavy atom. The van der Waals surface area contributed by atoms with E-state index in [9.17, 15) is 19.4 Å². The molecule has 0 spiro atoms. The van der Waals surface area contributed by atoms with Gasteiger partial charge in [0.25, 0.3) is 0 Å². The summed E-state index contributed by atoms with van der Waals surface area (Å²) in [7, 11) is 0. The van der Waals surface area contributed by atoms with E-state index in [1.54, 1.807) is 18.5 Å². The van der Waals surface area contributed by atoms with E-state index in [-0.39, 0.29) is 23.9 Å². The molecule has 140 valence electrons. The highest BCUT2D eigenvalue weighted by Gasteiger charge is 2.44. The summed E-state index contributed by atoms with van der Waals surface area (Å²) in [4.78, 5) is 21.8. The maximum atomic E-state index is 13.7. The first kappa shape index (κ1) is 17.3. The molecule has 4 heterocycles. The smallest absolute Gasteiger partial charge is 0.341 e. The first-order valence-corrected chi connectivity index (χ1v) is 8.51. The Hall–Kier alpha value is -3.07. The van der Waals surface area contributed by atoms with E-state index >= 15 is 0 Å². The second-order valence-electron chi connectivity index (χ2n) is 6.93. The molecular formula is C18H18FN5O3. The molecule has 4 rings (SSSR count). The van der Waals surface area contributed by atoms with E-state index < -0.39 is 17.3 Å². The monoisotopic (exact) mass is 371 g/mol. The molecule has 0 radical (unpaired) electrons. The van der Waals surface area contributed by atoms with Gasteiger partial charge in [-0.25, -0.2) is 18.7 Å². The summed E-state index contributed by atoms with van der Waals surface area (Å²) in [5, 5.41) is 23.4. The van der Waals surface area contributed by atoms with Crippen LogP contribution < -0.4 is 4.90 Å². The number of nitrogens with zero attached hydrogens (tertiary/aromatic N) is 5. The Kier molecular flexibility index (Phi) is 4.03. The molecule has 0 aliphatic carbocycles. The average Bonchev–Trinajstić information content (AvgIpc) is 3.22. The van der Waals surface area contributed by atoms with Gasteiger partial charge < -0.3 is 15.1 Å². The van der Waals surface area contributed by atoms with Crippen molar-refractivity contribution in [3.05, 3.63) is 53.9 Å². The van der Waals surface area contributed by atoms with Gasteiger partial charge in [0.15, 0.2) is 5.65 Å². The second kappa shape index (κ2) is 6.27. The topological polar surface area (TPSA) is 104 Å². The minimum Gasteiger partial charge on any atom is -0.477 e. The van der Waals surface area contributed by atoms with Crippen molar-refractivity contribution in [2.24, 2.45) is 0 Å². The third-order valence-corrected chi connectivity index (χ3v) is 5.13. The van der Waals surface area contributed by atoms with Crippen molar-refractivity contribution in [3.63, 3.8) is 0 Å². The van der Waals surface area contributed by atoms with Crippen LogP contribution in [0.25, 0.3) is 5.65 Å². The highest BCUT2D eigenvalue weighted by Crippen LogP contribution is 2.44. The fourth-order valence-electron chi connectivity index (χ4n) is 3.74. The zero-order valence-corrected chi connectivity index (χ0v) is 14.6. The summed E-state index contributed by atoms with van der Waals surface area (Å²) < 4.78 is 15.1. The van der Waals surface area contributed by atoms with Gasteiger partial charge in [0.05, 0.1) is 30.6 Å². The van der Waals surface area contributed by atoms with Crippen LogP contribution in [0.3, 0.4) is 0 Å². The lowest BCUT2D eigenvalue weighted by Crippen LogP contribution is -2.46. The van der Waals surface area contributed by atoms with Gasteiger partial charge in [-0.3, -0.25) is 4.98 Å². The van der Waals surface area contributed by atoms with Gasteiger partial charge in [-0.15, -0.1) is 0 Å². The predicted octanol–water partition coefficient (Wildman–Crippen LogP) is 2.05. The lowest BCUT2D eigenvalue weighted by Gasteiger charge is -2.38. The van der Waals surface area contributed by atoms with Gasteiger partial charge >= 0.3 is 5.97 Å². The van der Waals surface area contributed by atoms with E-state index in [1.165, 1.54) is 16.8 Å². The van der Waals surface area contributed by atoms with Crippen molar-refractivity contribution in [2.45, 2.75) is 31.3 Å². The summed E-state index contributed by atoms with van der Waals surface area (Å²) in [5.41, 5.74) is 0.265. The van der Waals surface area contributed by atoms with Crippen LogP contribution in [0.1, 0.15) is 41.7 Å². The lowest BCUT2D eigenvalue weighted by atomic mass is 10.0. The van der Waals surface area contributed by atoms with Crippen LogP contribution >= 0.6 is 0 Å². The third kappa shape index (κ3) is 2.80. The summed E-state index contributed by atoms with van der Waals surface area (Å²) in [6.45, 7) is 1.78. The Labute approximate surface area is 153 Å². The number of halogens is 1. The molecule has 1 aliphatic rings. The molecule has 0 amide bonds. The first-order valence-electron chi connectivity index (χ1n) is 8.51. The standard InChI is InChI=1S/C18H18FN5O3/c1-18(10-25)4-2-14(11-6-12(19)8-20-7-11)24(18)15-3-5-23-16(22-15)13(9-21-23)17(26)27/h3,5-9,14,25H,2,4,10H2,1H3,(H,26,27). The molecule has 9 heteroatoms. The fourth-order valence-corrected chi connectivity index (χ4v) is 3.74. The summed E-state index contributed by atoms with van der Waals surface area (Å²) >= 11 is 0. The molecule has 2 unspecified atom stereocenters. The summed E-state index contributed by atoms with van der Waals surface area (Å²) in [6.07, 6.45) is 6.97. The van der Waals surface area contributed by atoms with Gasteiger partial charge in [0.1, 0.15) is 17.2 Å². The van der Waals surface area contributed by atoms with Gasteiger partial charge in [0.2, 0.25) is 0 Å². The first-order chi connectivity index (χ1) is 12.9. The number of aromatic nitrogens is 4.